The zero-order valence-corrected chi connectivity index (χ0v) is 17.6. The fourth-order valence-corrected chi connectivity index (χ4v) is 4.51. The number of ether oxygens (including phenoxy) is 1. The van der Waals surface area contributed by atoms with Crippen LogP contribution in [0.1, 0.15) is 6.92 Å². The summed E-state index contributed by atoms with van der Waals surface area (Å²) in [5.41, 5.74) is 0. The van der Waals surface area contributed by atoms with Crippen LogP contribution in [0.4, 0.5) is 11.8 Å². The Balaban J connectivity index is 1.30. The second-order valence-electron chi connectivity index (χ2n) is 6.97. The number of thioether (sulfide) groups is 1. The van der Waals surface area contributed by atoms with E-state index in [9.17, 15) is 4.79 Å². The predicted molar refractivity (Wildman–Crippen MR) is 112 cm³/mol. The van der Waals surface area contributed by atoms with Gasteiger partial charge >= 0.3 is 0 Å². The first kappa shape index (κ1) is 20.0. The first-order valence-corrected chi connectivity index (χ1v) is 11.1. The topological polar surface area (TPSA) is 79.6 Å². The Kier molecular flexibility index (Phi) is 6.50. The number of aromatic nitrogens is 4. The Labute approximate surface area is 175 Å². The Hall–Kier alpha value is -2.33. The molecule has 0 bridgehead atoms. The molecule has 2 aliphatic rings. The van der Waals surface area contributed by atoms with E-state index < -0.39 is 0 Å². The molecule has 1 amide bonds. The molecule has 0 N–H and O–H groups in total. The number of carbonyl (C=O) groups is 1. The van der Waals surface area contributed by atoms with Gasteiger partial charge in [-0.05, 0) is 19.1 Å². The standard InChI is InChI=1S/C19H27N7O2S/c1-2-26-18(25-11-13-28-14-12-25)21-22-19(26)29-15-17(27)24-9-7-23(8-10-24)16-5-3-4-6-20-16/h3-6H,2,7-15H2,1H3. The number of hydrogen-bond donors (Lipinski definition) is 0. The van der Waals surface area contributed by atoms with Crippen LogP contribution in [0.2, 0.25) is 0 Å². The maximum absolute atomic E-state index is 12.7. The SMILES string of the molecule is CCn1c(SCC(=O)N2CCN(c3ccccn3)CC2)nnc1N1CCOCC1. The third-order valence-electron chi connectivity index (χ3n) is 5.24. The minimum Gasteiger partial charge on any atom is -0.378 e. The van der Waals surface area contributed by atoms with Crippen molar-refractivity contribution in [3.63, 3.8) is 0 Å². The molecule has 156 valence electrons. The van der Waals surface area contributed by atoms with Crippen LogP contribution in [-0.2, 0) is 16.1 Å². The molecular formula is C19H27N7O2S. The van der Waals surface area contributed by atoms with Gasteiger partial charge in [-0.3, -0.25) is 9.36 Å². The highest BCUT2D eigenvalue weighted by atomic mass is 32.2. The zero-order valence-electron chi connectivity index (χ0n) is 16.7. The van der Waals surface area contributed by atoms with E-state index in [1.165, 1.54) is 11.8 Å². The van der Waals surface area contributed by atoms with Crippen LogP contribution in [0.5, 0.6) is 0 Å². The highest BCUT2D eigenvalue weighted by Crippen LogP contribution is 2.23. The maximum Gasteiger partial charge on any atom is 0.233 e. The monoisotopic (exact) mass is 417 g/mol. The van der Waals surface area contributed by atoms with Crippen LogP contribution in [0.15, 0.2) is 29.6 Å². The zero-order chi connectivity index (χ0) is 20.1. The molecule has 4 rings (SSSR count). The summed E-state index contributed by atoms with van der Waals surface area (Å²) in [6.45, 7) is 8.97. The predicted octanol–water partition coefficient (Wildman–Crippen LogP) is 0.971. The lowest BCUT2D eigenvalue weighted by Crippen LogP contribution is -2.49. The van der Waals surface area contributed by atoms with Gasteiger partial charge in [0.1, 0.15) is 5.82 Å². The molecule has 10 heteroatoms. The second kappa shape index (κ2) is 9.45. The second-order valence-corrected chi connectivity index (χ2v) is 7.91. The molecule has 0 aromatic carbocycles. The van der Waals surface area contributed by atoms with Gasteiger partial charge in [0, 0.05) is 52.0 Å². The summed E-state index contributed by atoms with van der Waals surface area (Å²) in [6.07, 6.45) is 1.80. The highest BCUT2D eigenvalue weighted by molar-refractivity contribution is 7.99. The van der Waals surface area contributed by atoms with Crippen molar-refractivity contribution in [2.75, 3.05) is 68.0 Å². The lowest BCUT2D eigenvalue weighted by molar-refractivity contribution is -0.128. The molecule has 2 aromatic heterocycles. The molecule has 0 unspecified atom stereocenters. The van der Waals surface area contributed by atoms with Gasteiger partial charge in [-0.15, -0.1) is 10.2 Å². The Bertz CT molecular complexity index is 802. The van der Waals surface area contributed by atoms with Gasteiger partial charge in [-0.25, -0.2) is 4.98 Å². The lowest BCUT2D eigenvalue weighted by Gasteiger charge is -2.35. The first-order valence-electron chi connectivity index (χ1n) is 10.1. The van der Waals surface area contributed by atoms with Crippen molar-refractivity contribution in [2.24, 2.45) is 0 Å². The quantitative estimate of drug-likeness (QED) is 0.644. The number of nitrogens with zero attached hydrogens (tertiary/aromatic N) is 7. The molecule has 0 spiro atoms. The molecule has 0 saturated carbocycles. The van der Waals surface area contributed by atoms with E-state index in [4.69, 9.17) is 4.74 Å². The molecule has 4 heterocycles. The van der Waals surface area contributed by atoms with Crippen molar-refractivity contribution >= 4 is 29.4 Å². The summed E-state index contributed by atoms with van der Waals surface area (Å²) in [5.74, 6) is 2.37. The van der Waals surface area contributed by atoms with Crippen LogP contribution < -0.4 is 9.80 Å². The molecule has 2 aliphatic heterocycles. The van der Waals surface area contributed by atoms with Gasteiger partial charge < -0.3 is 19.4 Å². The van der Waals surface area contributed by atoms with E-state index in [0.717, 1.165) is 62.7 Å². The smallest absolute Gasteiger partial charge is 0.233 e. The summed E-state index contributed by atoms with van der Waals surface area (Å²) in [4.78, 5) is 23.5. The largest absolute Gasteiger partial charge is 0.378 e. The van der Waals surface area contributed by atoms with Crippen molar-refractivity contribution < 1.29 is 9.53 Å². The first-order chi connectivity index (χ1) is 14.3. The van der Waals surface area contributed by atoms with E-state index in [1.807, 2.05) is 23.1 Å². The fourth-order valence-electron chi connectivity index (χ4n) is 3.61. The van der Waals surface area contributed by atoms with Crippen LogP contribution in [0.3, 0.4) is 0 Å². The van der Waals surface area contributed by atoms with Crippen molar-refractivity contribution in [3.8, 4) is 0 Å². The van der Waals surface area contributed by atoms with E-state index in [0.29, 0.717) is 19.0 Å². The Morgan fingerprint density at radius 2 is 1.86 bits per heavy atom. The molecule has 0 atom stereocenters. The number of carbonyl (C=O) groups excluding carboxylic acids is 1. The van der Waals surface area contributed by atoms with Gasteiger partial charge in [0.15, 0.2) is 5.16 Å². The van der Waals surface area contributed by atoms with Gasteiger partial charge in [0.2, 0.25) is 11.9 Å². The molecule has 2 aromatic rings. The average molecular weight is 418 g/mol. The molecule has 0 aliphatic carbocycles. The molecular weight excluding hydrogens is 390 g/mol. The van der Waals surface area contributed by atoms with Crippen molar-refractivity contribution in [3.05, 3.63) is 24.4 Å². The summed E-state index contributed by atoms with van der Waals surface area (Å²) in [6, 6.07) is 5.92. The number of amides is 1. The highest BCUT2D eigenvalue weighted by Gasteiger charge is 2.24. The van der Waals surface area contributed by atoms with Gasteiger partial charge in [0.05, 0.1) is 19.0 Å². The lowest BCUT2D eigenvalue weighted by atomic mass is 10.3. The number of pyridine rings is 1. The molecule has 2 fully saturated rings. The van der Waals surface area contributed by atoms with E-state index in [1.54, 1.807) is 6.20 Å². The summed E-state index contributed by atoms with van der Waals surface area (Å²) < 4.78 is 7.51. The van der Waals surface area contributed by atoms with Gasteiger partial charge in [0.25, 0.3) is 0 Å². The fraction of sp³-hybridized carbons (Fsp3) is 0.579. The molecule has 0 radical (unpaired) electrons. The minimum atomic E-state index is 0.147. The normalized spacial score (nSPS) is 17.6. The molecule has 2 saturated heterocycles. The Morgan fingerprint density at radius 1 is 1.07 bits per heavy atom. The third kappa shape index (κ3) is 4.64. The maximum atomic E-state index is 12.7. The van der Waals surface area contributed by atoms with E-state index in [-0.39, 0.29) is 5.91 Å². The summed E-state index contributed by atoms with van der Waals surface area (Å²) in [7, 11) is 0. The van der Waals surface area contributed by atoms with Gasteiger partial charge in [-0.2, -0.15) is 0 Å². The van der Waals surface area contributed by atoms with Crippen LogP contribution in [-0.4, -0.2) is 88.8 Å². The van der Waals surface area contributed by atoms with Gasteiger partial charge in [-0.1, -0.05) is 17.8 Å². The van der Waals surface area contributed by atoms with E-state index >= 15 is 0 Å². The minimum absolute atomic E-state index is 0.147. The number of morpholine rings is 1. The molecule has 9 nitrogen and oxygen atoms in total. The Morgan fingerprint density at radius 3 is 2.55 bits per heavy atom. The summed E-state index contributed by atoms with van der Waals surface area (Å²) >= 11 is 1.47. The number of rotatable bonds is 6. The number of hydrogen-bond acceptors (Lipinski definition) is 8. The van der Waals surface area contributed by atoms with Crippen LogP contribution in [0.25, 0.3) is 0 Å². The van der Waals surface area contributed by atoms with Crippen molar-refractivity contribution in [1.82, 2.24) is 24.6 Å². The van der Waals surface area contributed by atoms with Crippen LogP contribution >= 0.6 is 11.8 Å². The van der Waals surface area contributed by atoms with Crippen LogP contribution in [0, 0.1) is 0 Å². The third-order valence-corrected chi connectivity index (χ3v) is 6.19. The number of piperazine rings is 1. The van der Waals surface area contributed by atoms with Crippen molar-refractivity contribution in [2.45, 2.75) is 18.6 Å². The molecule has 29 heavy (non-hydrogen) atoms. The van der Waals surface area contributed by atoms with Crippen molar-refractivity contribution in [1.29, 1.82) is 0 Å². The van der Waals surface area contributed by atoms with E-state index in [2.05, 4.69) is 36.5 Å². The summed E-state index contributed by atoms with van der Waals surface area (Å²) in [5, 5.41) is 9.51. The average Bonchev–Trinajstić information content (AvgIpc) is 3.21. The number of anilines is 2.